The summed E-state index contributed by atoms with van der Waals surface area (Å²) < 4.78 is 0. The second-order valence-electron chi connectivity index (χ2n) is 9.07. The van der Waals surface area contributed by atoms with Crippen molar-refractivity contribution in [1.82, 2.24) is 5.32 Å². The summed E-state index contributed by atoms with van der Waals surface area (Å²) >= 11 is 0. The van der Waals surface area contributed by atoms with Gasteiger partial charge in [-0.05, 0) is 93.9 Å². The number of benzene rings is 1. The number of rotatable bonds is 8. The van der Waals surface area contributed by atoms with Gasteiger partial charge in [0.1, 0.15) is 0 Å². The van der Waals surface area contributed by atoms with Gasteiger partial charge in [0.2, 0.25) is 0 Å². The SMILES string of the molecule is CCCN(C)c1c(C)cc(N2CCCCC2)cc1CC1CCC(NCN)CC1. The Balaban J connectivity index is 1.80. The first kappa shape index (κ1) is 21.4. The maximum atomic E-state index is 5.68. The van der Waals surface area contributed by atoms with Crippen LogP contribution in [0.25, 0.3) is 0 Å². The summed E-state index contributed by atoms with van der Waals surface area (Å²) in [6.07, 6.45) is 11.7. The fraction of sp³-hybridized carbons (Fsp3) is 0.750. The van der Waals surface area contributed by atoms with Gasteiger partial charge < -0.3 is 20.9 Å². The summed E-state index contributed by atoms with van der Waals surface area (Å²) in [6.45, 7) is 8.78. The molecule has 0 spiro atoms. The lowest BCUT2D eigenvalue weighted by Crippen LogP contribution is -2.37. The molecule has 3 rings (SSSR count). The zero-order valence-electron chi connectivity index (χ0n) is 18.5. The van der Waals surface area contributed by atoms with E-state index in [1.807, 2.05) is 0 Å². The molecule has 0 amide bonds. The standard InChI is InChI=1S/C24H42N4/c1-4-12-27(3)24-19(2)15-23(28-13-6-5-7-14-28)17-21(24)16-20-8-10-22(11-9-20)26-18-25/h15,17,20,22,26H,4-14,16,18,25H2,1-3H3. The fourth-order valence-electron chi connectivity index (χ4n) is 5.36. The van der Waals surface area contributed by atoms with E-state index in [-0.39, 0.29) is 0 Å². The van der Waals surface area contributed by atoms with Gasteiger partial charge in [-0.2, -0.15) is 0 Å². The third-order valence-corrected chi connectivity index (χ3v) is 6.79. The second kappa shape index (κ2) is 10.5. The van der Waals surface area contributed by atoms with Gasteiger partial charge in [-0.3, -0.25) is 0 Å². The summed E-state index contributed by atoms with van der Waals surface area (Å²) in [5.74, 6) is 0.806. The molecule has 1 aromatic rings. The Morgan fingerprint density at radius 1 is 1.11 bits per heavy atom. The van der Waals surface area contributed by atoms with E-state index in [9.17, 15) is 0 Å². The molecule has 158 valence electrons. The molecule has 1 aromatic carbocycles. The highest BCUT2D eigenvalue weighted by atomic mass is 15.1. The summed E-state index contributed by atoms with van der Waals surface area (Å²) in [4.78, 5) is 5.11. The summed E-state index contributed by atoms with van der Waals surface area (Å²) in [5, 5.41) is 3.44. The van der Waals surface area contributed by atoms with Gasteiger partial charge in [-0.1, -0.05) is 6.92 Å². The van der Waals surface area contributed by atoms with Crippen molar-refractivity contribution in [3.8, 4) is 0 Å². The van der Waals surface area contributed by atoms with Crippen molar-refractivity contribution in [2.45, 2.75) is 77.7 Å². The number of nitrogens with zero attached hydrogens (tertiary/aromatic N) is 2. The van der Waals surface area contributed by atoms with Gasteiger partial charge in [0.15, 0.2) is 0 Å². The van der Waals surface area contributed by atoms with Crippen LogP contribution in [0.4, 0.5) is 11.4 Å². The molecule has 0 atom stereocenters. The molecule has 4 nitrogen and oxygen atoms in total. The van der Waals surface area contributed by atoms with E-state index in [0.717, 1.165) is 12.5 Å². The summed E-state index contributed by atoms with van der Waals surface area (Å²) in [6, 6.07) is 5.60. The number of anilines is 2. The van der Waals surface area contributed by atoms with Gasteiger partial charge in [0.25, 0.3) is 0 Å². The molecule has 2 fully saturated rings. The number of hydrogen-bond acceptors (Lipinski definition) is 4. The van der Waals surface area contributed by atoms with Gasteiger partial charge in [-0.25, -0.2) is 0 Å². The first-order chi connectivity index (χ1) is 13.6. The van der Waals surface area contributed by atoms with Crippen LogP contribution in [0.5, 0.6) is 0 Å². The van der Waals surface area contributed by atoms with Crippen molar-refractivity contribution in [2.24, 2.45) is 11.7 Å². The minimum absolute atomic E-state index is 0.609. The van der Waals surface area contributed by atoms with Crippen LogP contribution in [0.3, 0.4) is 0 Å². The van der Waals surface area contributed by atoms with Gasteiger partial charge in [0.05, 0.1) is 0 Å². The molecule has 1 heterocycles. The number of nitrogens with two attached hydrogens (primary N) is 1. The summed E-state index contributed by atoms with van der Waals surface area (Å²) in [5.41, 5.74) is 11.7. The fourth-order valence-corrected chi connectivity index (χ4v) is 5.36. The highest BCUT2D eigenvalue weighted by Gasteiger charge is 2.24. The first-order valence-electron chi connectivity index (χ1n) is 11.7. The number of nitrogens with one attached hydrogen (secondary N) is 1. The maximum Gasteiger partial charge on any atom is 0.0430 e. The molecule has 0 unspecified atom stereocenters. The third kappa shape index (κ3) is 5.42. The van der Waals surface area contributed by atoms with Gasteiger partial charge in [-0.15, -0.1) is 0 Å². The molecular weight excluding hydrogens is 344 g/mol. The number of piperidine rings is 1. The molecule has 4 heteroatoms. The van der Waals surface area contributed by atoms with Gasteiger partial charge >= 0.3 is 0 Å². The molecule has 2 aliphatic rings. The Hall–Kier alpha value is -1.26. The minimum atomic E-state index is 0.609. The van der Waals surface area contributed by atoms with Crippen LogP contribution in [0.2, 0.25) is 0 Å². The van der Waals surface area contributed by atoms with Crippen LogP contribution in [0.1, 0.15) is 69.4 Å². The van der Waals surface area contributed by atoms with Crippen molar-refractivity contribution in [1.29, 1.82) is 0 Å². The molecule has 28 heavy (non-hydrogen) atoms. The zero-order chi connectivity index (χ0) is 19.9. The smallest absolute Gasteiger partial charge is 0.0430 e. The predicted molar refractivity (Wildman–Crippen MR) is 122 cm³/mol. The van der Waals surface area contributed by atoms with E-state index in [1.54, 1.807) is 5.56 Å². The molecule has 1 saturated heterocycles. The van der Waals surface area contributed by atoms with Crippen LogP contribution in [-0.4, -0.2) is 39.4 Å². The van der Waals surface area contributed by atoms with Crippen molar-refractivity contribution in [3.63, 3.8) is 0 Å². The van der Waals surface area contributed by atoms with E-state index in [0.29, 0.717) is 12.7 Å². The third-order valence-electron chi connectivity index (χ3n) is 6.79. The monoisotopic (exact) mass is 386 g/mol. The highest BCUT2D eigenvalue weighted by molar-refractivity contribution is 5.66. The normalized spacial score (nSPS) is 23.1. The Morgan fingerprint density at radius 3 is 2.46 bits per heavy atom. The largest absolute Gasteiger partial charge is 0.374 e. The lowest BCUT2D eigenvalue weighted by Gasteiger charge is -2.34. The van der Waals surface area contributed by atoms with Crippen LogP contribution in [-0.2, 0) is 6.42 Å². The molecule has 0 bridgehead atoms. The Bertz CT molecular complexity index is 601. The van der Waals surface area contributed by atoms with Crippen LogP contribution in [0.15, 0.2) is 12.1 Å². The van der Waals surface area contributed by atoms with E-state index in [2.05, 4.69) is 48.1 Å². The lowest BCUT2D eigenvalue weighted by atomic mass is 9.81. The molecule has 1 aliphatic heterocycles. The second-order valence-corrected chi connectivity index (χ2v) is 9.07. The van der Waals surface area contributed by atoms with Crippen molar-refractivity contribution < 1.29 is 0 Å². The molecule has 0 radical (unpaired) electrons. The van der Waals surface area contributed by atoms with E-state index in [4.69, 9.17) is 5.73 Å². The Kier molecular flexibility index (Phi) is 8.04. The van der Waals surface area contributed by atoms with Gasteiger partial charge in [0, 0.05) is 50.8 Å². The highest BCUT2D eigenvalue weighted by Crippen LogP contribution is 2.36. The average Bonchev–Trinajstić information content (AvgIpc) is 2.70. The Labute approximate surface area is 172 Å². The molecular formula is C24H42N4. The predicted octanol–water partition coefficient (Wildman–Crippen LogP) is 4.44. The molecule has 3 N–H and O–H groups in total. The summed E-state index contributed by atoms with van der Waals surface area (Å²) in [7, 11) is 2.28. The quantitative estimate of drug-likeness (QED) is 0.648. The zero-order valence-corrected chi connectivity index (χ0v) is 18.5. The molecule has 1 aliphatic carbocycles. The van der Waals surface area contributed by atoms with Crippen molar-refractivity contribution in [3.05, 3.63) is 23.3 Å². The topological polar surface area (TPSA) is 44.5 Å². The number of aryl methyl sites for hydroxylation is 1. The van der Waals surface area contributed by atoms with Crippen LogP contribution in [0, 0.1) is 12.8 Å². The van der Waals surface area contributed by atoms with Crippen molar-refractivity contribution in [2.75, 3.05) is 43.2 Å². The maximum absolute atomic E-state index is 5.68. The minimum Gasteiger partial charge on any atom is -0.374 e. The number of hydrogen-bond donors (Lipinski definition) is 2. The Morgan fingerprint density at radius 2 is 1.82 bits per heavy atom. The molecule has 0 aromatic heterocycles. The lowest BCUT2D eigenvalue weighted by molar-refractivity contribution is 0.292. The van der Waals surface area contributed by atoms with E-state index >= 15 is 0 Å². The van der Waals surface area contributed by atoms with Crippen LogP contribution >= 0.6 is 0 Å². The van der Waals surface area contributed by atoms with E-state index in [1.165, 1.54) is 87.8 Å². The van der Waals surface area contributed by atoms with Crippen LogP contribution < -0.4 is 20.9 Å². The molecule has 1 saturated carbocycles. The average molecular weight is 387 g/mol. The van der Waals surface area contributed by atoms with Crippen molar-refractivity contribution >= 4 is 11.4 Å². The van der Waals surface area contributed by atoms with E-state index < -0.39 is 0 Å². The first-order valence-corrected chi connectivity index (χ1v) is 11.7.